The lowest BCUT2D eigenvalue weighted by Gasteiger charge is -2.30. The van der Waals surface area contributed by atoms with Crippen LogP contribution in [0.15, 0.2) is 36.8 Å². The van der Waals surface area contributed by atoms with Gasteiger partial charge < -0.3 is 15.4 Å². The van der Waals surface area contributed by atoms with Gasteiger partial charge in [0.05, 0.1) is 35.8 Å². The summed E-state index contributed by atoms with van der Waals surface area (Å²) in [7, 11) is 1.78. The maximum absolute atomic E-state index is 13.0. The van der Waals surface area contributed by atoms with Gasteiger partial charge in [-0.3, -0.25) is 14.8 Å². The average molecular weight is 459 g/mol. The molecule has 174 valence electrons. The van der Waals surface area contributed by atoms with Crippen molar-refractivity contribution in [3.8, 4) is 11.1 Å². The third-order valence-electron chi connectivity index (χ3n) is 5.75. The van der Waals surface area contributed by atoms with Crippen LogP contribution >= 0.6 is 0 Å². The smallest absolute Gasteiger partial charge is 0.378 e. The molecule has 0 saturated carbocycles. The Kier molecular flexibility index (Phi) is 6.46. The molecule has 2 N–H and O–H groups in total. The summed E-state index contributed by atoms with van der Waals surface area (Å²) in [5.41, 5.74) is 3.58. The number of amides is 1. The molecule has 1 amide bonds. The van der Waals surface area contributed by atoms with Crippen LogP contribution in [-0.4, -0.2) is 46.8 Å². The second kappa shape index (κ2) is 9.30. The molecule has 10 heteroatoms. The summed E-state index contributed by atoms with van der Waals surface area (Å²) in [6, 6.07) is 5.56. The van der Waals surface area contributed by atoms with Crippen molar-refractivity contribution in [2.24, 2.45) is 5.92 Å². The zero-order valence-corrected chi connectivity index (χ0v) is 18.2. The number of carbonyl (C=O) groups excluding carboxylic acids is 1. The Bertz CT molecular complexity index is 1170. The van der Waals surface area contributed by atoms with Crippen LogP contribution in [0.4, 0.5) is 24.7 Å². The predicted octanol–water partition coefficient (Wildman–Crippen LogP) is 4.73. The van der Waals surface area contributed by atoms with Gasteiger partial charge in [-0.15, -0.1) is 0 Å². The summed E-state index contributed by atoms with van der Waals surface area (Å²) >= 11 is 0. The highest BCUT2D eigenvalue weighted by Gasteiger charge is 2.42. The summed E-state index contributed by atoms with van der Waals surface area (Å²) < 4.78 is 44.4. The number of rotatable bonds is 5. The van der Waals surface area contributed by atoms with Crippen molar-refractivity contribution in [1.82, 2.24) is 15.0 Å². The molecule has 0 aliphatic carbocycles. The molecule has 33 heavy (non-hydrogen) atoms. The van der Waals surface area contributed by atoms with E-state index in [0.29, 0.717) is 11.5 Å². The average Bonchev–Trinajstić information content (AvgIpc) is 2.79. The first-order valence-electron chi connectivity index (χ1n) is 10.6. The van der Waals surface area contributed by atoms with Crippen LogP contribution in [0.2, 0.25) is 0 Å². The fourth-order valence-electron chi connectivity index (χ4n) is 3.94. The van der Waals surface area contributed by atoms with Crippen LogP contribution in [0.1, 0.15) is 25.0 Å². The van der Waals surface area contributed by atoms with Crippen molar-refractivity contribution >= 4 is 28.3 Å². The first-order valence-corrected chi connectivity index (χ1v) is 10.6. The Hall–Kier alpha value is -3.27. The Morgan fingerprint density at radius 2 is 1.97 bits per heavy atom. The number of pyridine rings is 3. The molecule has 0 spiro atoms. The third-order valence-corrected chi connectivity index (χ3v) is 5.75. The van der Waals surface area contributed by atoms with Gasteiger partial charge in [0.1, 0.15) is 5.82 Å². The third kappa shape index (κ3) is 5.39. The minimum absolute atomic E-state index is 0.00199. The van der Waals surface area contributed by atoms with Gasteiger partial charge in [0, 0.05) is 54.3 Å². The molecule has 1 fully saturated rings. The Balaban J connectivity index is 1.48. The summed E-state index contributed by atoms with van der Waals surface area (Å²) in [5.74, 6) is -1.13. The number of hydrogen-bond acceptors (Lipinski definition) is 6. The number of alkyl halides is 3. The van der Waals surface area contributed by atoms with E-state index >= 15 is 0 Å². The molecule has 3 aromatic rings. The minimum Gasteiger partial charge on any atom is -0.378 e. The fraction of sp³-hybridized carbons (Fsp3) is 0.391. The number of aromatic nitrogens is 3. The number of anilines is 2. The number of fused-ring (bicyclic) bond motifs is 1. The number of aryl methyl sites for hydroxylation is 1. The molecule has 2 atom stereocenters. The summed E-state index contributed by atoms with van der Waals surface area (Å²) in [6.45, 7) is 1.85. The molecule has 0 unspecified atom stereocenters. The topological polar surface area (TPSA) is 89.0 Å². The first kappa shape index (κ1) is 22.9. The summed E-state index contributed by atoms with van der Waals surface area (Å²) in [6.07, 6.45) is -0.484. The fourth-order valence-corrected chi connectivity index (χ4v) is 3.94. The highest BCUT2D eigenvalue weighted by Crippen LogP contribution is 2.36. The van der Waals surface area contributed by atoms with E-state index in [0.717, 1.165) is 27.7 Å². The van der Waals surface area contributed by atoms with Crippen LogP contribution in [0, 0.1) is 12.8 Å². The highest BCUT2D eigenvalue weighted by molar-refractivity contribution is 5.92. The molecule has 7 nitrogen and oxygen atoms in total. The zero-order chi connectivity index (χ0) is 23.6. The molecule has 4 heterocycles. The van der Waals surface area contributed by atoms with Gasteiger partial charge in [-0.25, -0.2) is 4.98 Å². The van der Waals surface area contributed by atoms with Crippen LogP contribution < -0.4 is 10.6 Å². The van der Waals surface area contributed by atoms with E-state index in [9.17, 15) is 18.0 Å². The van der Waals surface area contributed by atoms with E-state index in [1.807, 2.05) is 19.1 Å². The van der Waals surface area contributed by atoms with E-state index in [2.05, 4.69) is 25.6 Å². The second-order valence-corrected chi connectivity index (χ2v) is 8.10. The van der Waals surface area contributed by atoms with Crippen molar-refractivity contribution < 1.29 is 22.7 Å². The predicted molar refractivity (Wildman–Crippen MR) is 119 cm³/mol. The number of hydrogen-bond donors (Lipinski definition) is 2. The van der Waals surface area contributed by atoms with E-state index in [4.69, 9.17) is 4.74 Å². The minimum atomic E-state index is -4.27. The molecule has 3 aromatic heterocycles. The Morgan fingerprint density at radius 1 is 1.15 bits per heavy atom. The van der Waals surface area contributed by atoms with Gasteiger partial charge in [0.25, 0.3) is 0 Å². The van der Waals surface area contributed by atoms with E-state index in [1.54, 1.807) is 25.5 Å². The number of nitrogens with one attached hydrogen (secondary N) is 2. The molecule has 1 aliphatic rings. The maximum atomic E-state index is 13.0. The monoisotopic (exact) mass is 459 g/mol. The largest absolute Gasteiger partial charge is 0.392 e. The van der Waals surface area contributed by atoms with Gasteiger partial charge >= 0.3 is 6.18 Å². The van der Waals surface area contributed by atoms with Crippen molar-refractivity contribution in [3.05, 3.63) is 42.5 Å². The lowest BCUT2D eigenvalue weighted by Crippen LogP contribution is -2.36. The molecule has 0 aromatic carbocycles. The number of ether oxygens (including phenoxy) is 1. The van der Waals surface area contributed by atoms with Crippen molar-refractivity contribution in [2.45, 2.75) is 38.5 Å². The number of carbonyl (C=O) groups is 1. The van der Waals surface area contributed by atoms with E-state index in [-0.39, 0.29) is 25.9 Å². The summed E-state index contributed by atoms with van der Waals surface area (Å²) in [4.78, 5) is 25.6. The highest BCUT2D eigenvalue weighted by atomic mass is 19.4. The zero-order valence-electron chi connectivity index (χ0n) is 18.2. The normalized spacial score (nSPS) is 18.8. The van der Waals surface area contributed by atoms with E-state index < -0.39 is 24.1 Å². The van der Waals surface area contributed by atoms with Crippen molar-refractivity contribution in [3.63, 3.8) is 0 Å². The van der Waals surface area contributed by atoms with Gasteiger partial charge in [-0.1, -0.05) is 0 Å². The molecule has 0 bridgehead atoms. The maximum Gasteiger partial charge on any atom is 0.392 e. The van der Waals surface area contributed by atoms with Crippen molar-refractivity contribution in [2.75, 3.05) is 24.3 Å². The lowest BCUT2D eigenvalue weighted by atomic mass is 9.93. The van der Waals surface area contributed by atoms with Gasteiger partial charge in [0.2, 0.25) is 5.91 Å². The van der Waals surface area contributed by atoms with Crippen LogP contribution in [0.3, 0.4) is 0 Å². The Morgan fingerprint density at radius 3 is 2.73 bits per heavy atom. The molecule has 1 saturated heterocycles. The quantitative estimate of drug-likeness (QED) is 0.574. The van der Waals surface area contributed by atoms with Gasteiger partial charge in [-0.2, -0.15) is 13.2 Å². The molecule has 1 aliphatic heterocycles. The second-order valence-electron chi connectivity index (χ2n) is 8.10. The number of nitrogens with zero attached hydrogens (tertiary/aromatic N) is 3. The molecule has 4 rings (SSSR count). The van der Waals surface area contributed by atoms with E-state index in [1.165, 1.54) is 6.20 Å². The van der Waals surface area contributed by atoms with Crippen LogP contribution in [-0.2, 0) is 9.53 Å². The van der Waals surface area contributed by atoms with Gasteiger partial charge in [-0.05, 0) is 31.9 Å². The van der Waals surface area contributed by atoms with Crippen molar-refractivity contribution in [1.29, 1.82) is 0 Å². The molecular formula is C23H24F3N5O2. The molecule has 0 radical (unpaired) electrons. The Labute approximate surface area is 188 Å². The van der Waals surface area contributed by atoms with Crippen LogP contribution in [0.25, 0.3) is 22.0 Å². The molecular weight excluding hydrogens is 435 g/mol. The lowest BCUT2D eigenvalue weighted by molar-refractivity contribution is -0.202. The standard InChI is InChI=1S/C23H24F3N5O2/c1-13-19(14-5-15-11-30-21(27-2)9-20(15)29-10-14)7-17(12-28-13)31-22(32)8-18-6-16(3-4-33-18)23(24,25)26/h5,7,9-12,16,18H,3-4,6,8H2,1-2H3,(H,27,30)(H,31,32)/t16-,18+/m1/s1. The summed E-state index contributed by atoms with van der Waals surface area (Å²) in [5, 5.41) is 6.56. The SMILES string of the molecule is CNc1cc2ncc(-c3cc(NC(=O)C[C@@H]4C[C@H](C(F)(F)F)CCO4)cnc3C)cc2cn1. The van der Waals surface area contributed by atoms with Crippen LogP contribution in [0.5, 0.6) is 0 Å². The first-order chi connectivity index (χ1) is 15.7. The number of halogens is 3. The van der Waals surface area contributed by atoms with Gasteiger partial charge in [0.15, 0.2) is 0 Å².